The number of thiazole rings is 1. The molecule has 7 heteroatoms. The van der Waals surface area contributed by atoms with Gasteiger partial charge in [-0.1, -0.05) is 33.3 Å². The van der Waals surface area contributed by atoms with Gasteiger partial charge in [-0.2, -0.15) is 0 Å². The van der Waals surface area contributed by atoms with Crippen LogP contribution in [0.5, 0.6) is 10.8 Å². The van der Waals surface area contributed by atoms with Crippen LogP contribution in [0.3, 0.4) is 0 Å². The molecule has 0 aliphatic heterocycles. The number of hydrogen-bond donors (Lipinski definition) is 1. The molecule has 0 aliphatic rings. The summed E-state index contributed by atoms with van der Waals surface area (Å²) in [5.41, 5.74) is 0. The van der Waals surface area contributed by atoms with E-state index >= 15 is 0 Å². The minimum Gasteiger partial charge on any atom is -0.445 e. The van der Waals surface area contributed by atoms with Crippen LogP contribution in [0, 0.1) is 5.82 Å². The lowest BCUT2D eigenvalue weighted by molar-refractivity contribution is -0.115. The van der Waals surface area contributed by atoms with Crippen molar-refractivity contribution in [2.24, 2.45) is 0 Å². The predicted molar refractivity (Wildman–Crippen MR) is 75.6 cm³/mol. The van der Waals surface area contributed by atoms with Gasteiger partial charge in [-0.25, -0.2) is 9.37 Å². The molecular weight excluding hydrogens is 335 g/mol. The molecule has 0 bridgehead atoms. The van der Waals surface area contributed by atoms with E-state index in [-0.39, 0.29) is 16.6 Å². The smallest absolute Gasteiger partial charge is 0.239 e. The lowest BCUT2D eigenvalue weighted by atomic mass is 10.3. The van der Waals surface area contributed by atoms with Gasteiger partial charge in [0.2, 0.25) is 11.0 Å². The Bertz CT molecular complexity index is 589. The van der Waals surface area contributed by atoms with Gasteiger partial charge in [-0.3, -0.25) is 4.79 Å². The highest BCUT2D eigenvalue weighted by Gasteiger charge is 2.12. The number of carbonyl (C=O) groups is 1. The van der Waals surface area contributed by atoms with Crippen LogP contribution in [0.25, 0.3) is 0 Å². The summed E-state index contributed by atoms with van der Waals surface area (Å²) in [5.74, 6) is -0.175. The Labute approximate surface area is 121 Å². The third-order valence-electron chi connectivity index (χ3n) is 2.09. The largest absolute Gasteiger partial charge is 0.445 e. The summed E-state index contributed by atoms with van der Waals surface area (Å²) in [5, 5.41) is 3.53. The van der Waals surface area contributed by atoms with E-state index in [1.807, 2.05) is 0 Å². The van der Waals surface area contributed by atoms with E-state index in [0.29, 0.717) is 15.9 Å². The molecule has 2 rings (SSSR count). The average molecular weight is 345 g/mol. The standard InChI is InChI=1S/C12H10BrFN2O2S/c1-7(13)11(17)16-12-15-6-10(19-12)18-9-4-2-3-8(14)5-9/h2-7H,1H3,(H,15,16,17)/t7-/m0/s1. The molecule has 1 heterocycles. The Morgan fingerprint density at radius 2 is 2.37 bits per heavy atom. The molecule has 1 atom stereocenters. The Balaban J connectivity index is 2.03. The van der Waals surface area contributed by atoms with E-state index in [1.54, 1.807) is 19.1 Å². The van der Waals surface area contributed by atoms with Crippen molar-refractivity contribution in [1.82, 2.24) is 4.98 Å². The Morgan fingerprint density at radius 1 is 1.58 bits per heavy atom. The van der Waals surface area contributed by atoms with Gasteiger partial charge in [0.15, 0.2) is 5.13 Å². The van der Waals surface area contributed by atoms with Gasteiger partial charge in [0.05, 0.1) is 11.0 Å². The quantitative estimate of drug-likeness (QED) is 0.858. The van der Waals surface area contributed by atoms with Crippen molar-refractivity contribution in [3.05, 3.63) is 36.3 Å². The molecule has 19 heavy (non-hydrogen) atoms. The number of rotatable bonds is 4. The maximum absolute atomic E-state index is 13.0. The zero-order valence-corrected chi connectivity index (χ0v) is 12.3. The number of benzene rings is 1. The van der Waals surface area contributed by atoms with Crippen molar-refractivity contribution in [3.8, 4) is 10.8 Å². The van der Waals surface area contributed by atoms with Crippen molar-refractivity contribution < 1.29 is 13.9 Å². The van der Waals surface area contributed by atoms with Gasteiger partial charge in [0.1, 0.15) is 11.6 Å². The normalized spacial score (nSPS) is 11.9. The highest BCUT2D eigenvalue weighted by Crippen LogP contribution is 2.30. The number of ether oxygens (including phenoxy) is 1. The summed E-state index contributed by atoms with van der Waals surface area (Å²) in [6.45, 7) is 1.72. The van der Waals surface area contributed by atoms with Gasteiger partial charge in [-0.05, 0) is 19.1 Å². The summed E-state index contributed by atoms with van der Waals surface area (Å²) in [6.07, 6.45) is 1.48. The van der Waals surface area contributed by atoms with E-state index in [2.05, 4.69) is 26.2 Å². The van der Waals surface area contributed by atoms with Crippen LogP contribution < -0.4 is 10.1 Å². The fourth-order valence-electron chi connectivity index (χ4n) is 1.22. The monoisotopic (exact) mass is 344 g/mol. The van der Waals surface area contributed by atoms with Crippen molar-refractivity contribution in [2.75, 3.05) is 5.32 Å². The van der Waals surface area contributed by atoms with E-state index < -0.39 is 0 Å². The lowest BCUT2D eigenvalue weighted by Crippen LogP contribution is -2.19. The van der Waals surface area contributed by atoms with E-state index in [0.717, 1.165) is 0 Å². The number of halogens is 2. The SMILES string of the molecule is C[C@H](Br)C(=O)Nc1ncc(Oc2cccc(F)c2)s1. The molecule has 0 aliphatic carbocycles. The highest BCUT2D eigenvalue weighted by atomic mass is 79.9. The molecule has 0 saturated carbocycles. The summed E-state index contributed by atoms with van der Waals surface area (Å²) in [4.78, 5) is 15.1. The number of carbonyl (C=O) groups excluding carboxylic acids is 1. The molecule has 0 fully saturated rings. The third-order valence-corrected chi connectivity index (χ3v) is 3.30. The van der Waals surface area contributed by atoms with Gasteiger partial charge in [0, 0.05) is 6.07 Å². The van der Waals surface area contributed by atoms with E-state index in [9.17, 15) is 9.18 Å². The minimum absolute atomic E-state index is 0.188. The highest BCUT2D eigenvalue weighted by molar-refractivity contribution is 9.10. The molecular formula is C12H10BrFN2O2S. The number of nitrogens with zero attached hydrogens (tertiary/aromatic N) is 1. The number of amides is 1. The molecule has 0 radical (unpaired) electrons. The van der Waals surface area contributed by atoms with Crippen LogP contribution in [-0.2, 0) is 4.79 Å². The molecule has 1 N–H and O–H groups in total. The summed E-state index contributed by atoms with van der Waals surface area (Å²) < 4.78 is 18.4. The first-order chi connectivity index (χ1) is 9.04. The van der Waals surface area contributed by atoms with Gasteiger partial charge in [-0.15, -0.1) is 0 Å². The second-order valence-corrected chi connectivity index (χ2v) is 6.02. The van der Waals surface area contributed by atoms with Gasteiger partial charge < -0.3 is 10.1 Å². The molecule has 4 nitrogen and oxygen atoms in total. The first-order valence-corrected chi connectivity index (χ1v) is 7.12. The minimum atomic E-state index is -0.372. The van der Waals surface area contributed by atoms with Crippen molar-refractivity contribution >= 4 is 38.3 Å². The van der Waals surface area contributed by atoms with Crippen molar-refractivity contribution in [3.63, 3.8) is 0 Å². The lowest BCUT2D eigenvalue weighted by Gasteiger charge is -2.02. The molecule has 1 aromatic heterocycles. The zero-order chi connectivity index (χ0) is 13.8. The Morgan fingerprint density at radius 3 is 3.05 bits per heavy atom. The molecule has 100 valence electrons. The number of nitrogens with one attached hydrogen (secondary N) is 1. The molecule has 0 spiro atoms. The fourth-order valence-corrected chi connectivity index (χ4v) is 2.02. The second-order valence-electron chi connectivity index (χ2n) is 3.65. The van der Waals surface area contributed by atoms with Crippen molar-refractivity contribution in [2.45, 2.75) is 11.8 Å². The van der Waals surface area contributed by atoms with Gasteiger partial charge >= 0.3 is 0 Å². The van der Waals surface area contributed by atoms with Crippen molar-refractivity contribution in [1.29, 1.82) is 0 Å². The predicted octanol–water partition coefficient (Wildman–Crippen LogP) is 3.80. The molecule has 0 saturated heterocycles. The molecule has 0 unspecified atom stereocenters. The Hall–Kier alpha value is -1.47. The van der Waals surface area contributed by atoms with E-state index in [1.165, 1.54) is 29.7 Å². The topological polar surface area (TPSA) is 51.2 Å². The van der Waals surface area contributed by atoms with E-state index in [4.69, 9.17) is 4.74 Å². The van der Waals surface area contributed by atoms with Crippen LogP contribution >= 0.6 is 27.3 Å². The molecule has 1 amide bonds. The number of hydrogen-bond acceptors (Lipinski definition) is 4. The fraction of sp³-hybridized carbons (Fsp3) is 0.167. The number of anilines is 1. The first kappa shape index (κ1) is 14.0. The molecule has 2 aromatic rings. The second kappa shape index (κ2) is 6.12. The third kappa shape index (κ3) is 4.00. The van der Waals surface area contributed by atoms with Crippen LogP contribution in [-0.4, -0.2) is 15.7 Å². The maximum Gasteiger partial charge on any atom is 0.239 e. The van der Waals surface area contributed by atoms with Crippen LogP contribution in [0.2, 0.25) is 0 Å². The molecule has 1 aromatic carbocycles. The summed E-state index contributed by atoms with van der Waals surface area (Å²) >= 11 is 4.33. The van der Waals surface area contributed by atoms with Crippen LogP contribution in [0.15, 0.2) is 30.5 Å². The zero-order valence-electron chi connectivity index (χ0n) is 9.89. The first-order valence-electron chi connectivity index (χ1n) is 5.39. The van der Waals surface area contributed by atoms with Crippen LogP contribution in [0.4, 0.5) is 9.52 Å². The van der Waals surface area contributed by atoms with Crippen LogP contribution in [0.1, 0.15) is 6.92 Å². The maximum atomic E-state index is 13.0. The number of alkyl halides is 1. The number of aromatic nitrogens is 1. The Kier molecular flexibility index (Phi) is 4.49. The average Bonchev–Trinajstić information content (AvgIpc) is 2.76. The summed E-state index contributed by atoms with van der Waals surface area (Å²) in [6, 6.07) is 5.81. The van der Waals surface area contributed by atoms with Gasteiger partial charge in [0.25, 0.3) is 0 Å². The summed E-state index contributed by atoms with van der Waals surface area (Å²) in [7, 11) is 0.